The lowest BCUT2D eigenvalue weighted by atomic mass is 10.2. The molecule has 0 spiro atoms. The lowest BCUT2D eigenvalue weighted by molar-refractivity contribution is -0.121. The lowest BCUT2D eigenvalue weighted by Gasteiger charge is -2.03. The predicted octanol–water partition coefficient (Wildman–Crippen LogP) is 0.0500. The molecule has 1 aromatic carbocycles. The van der Waals surface area contributed by atoms with Crippen molar-refractivity contribution in [3.05, 3.63) is 29.6 Å². The molecule has 0 atom stereocenters. The van der Waals surface area contributed by atoms with Gasteiger partial charge in [0.05, 0.1) is 5.56 Å². The third-order valence-corrected chi connectivity index (χ3v) is 1.50. The summed E-state index contributed by atoms with van der Waals surface area (Å²) in [4.78, 5) is 21.5. The smallest absolute Gasteiger partial charge is 0.338 e. The van der Waals surface area contributed by atoms with Crippen LogP contribution in [0.1, 0.15) is 10.4 Å². The second-order valence-corrected chi connectivity index (χ2v) is 2.82. The van der Waals surface area contributed by atoms with Gasteiger partial charge in [-0.15, -0.1) is 0 Å². The van der Waals surface area contributed by atoms with Gasteiger partial charge < -0.3 is 16.2 Å². The number of halogens is 1. The molecule has 0 fully saturated rings. The standard InChI is InChI=1S/C9H9FN2O3/c10-6-1-5(2-7(11)3-6)9(14)15-4-8(12)13/h1-3H,4,11H2,(H2,12,13). The van der Waals surface area contributed by atoms with Gasteiger partial charge in [-0.2, -0.15) is 0 Å². The number of primary amides is 1. The first-order chi connectivity index (χ1) is 6.99. The first-order valence-corrected chi connectivity index (χ1v) is 4.00. The average molecular weight is 212 g/mol. The Labute approximate surface area is 84.8 Å². The SMILES string of the molecule is NC(=O)COC(=O)c1cc(N)cc(F)c1. The summed E-state index contributed by atoms with van der Waals surface area (Å²) in [6, 6.07) is 3.26. The zero-order valence-electron chi connectivity index (χ0n) is 7.70. The molecule has 0 heterocycles. The minimum Gasteiger partial charge on any atom is -0.452 e. The van der Waals surface area contributed by atoms with Crippen molar-refractivity contribution in [2.45, 2.75) is 0 Å². The number of rotatable bonds is 3. The van der Waals surface area contributed by atoms with E-state index >= 15 is 0 Å². The third-order valence-electron chi connectivity index (χ3n) is 1.50. The molecule has 15 heavy (non-hydrogen) atoms. The molecule has 5 nitrogen and oxygen atoms in total. The number of nitrogens with two attached hydrogens (primary N) is 2. The zero-order chi connectivity index (χ0) is 11.4. The van der Waals surface area contributed by atoms with Gasteiger partial charge in [-0.1, -0.05) is 0 Å². The molecule has 1 aromatic rings. The number of ether oxygens (including phenoxy) is 1. The molecule has 0 aliphatic rings. The second kappa shape index (κ2) is 4.41. The van der Waals surface area contributed by atoms with Crippen molar-refractivity contribution in [3.63, 3.8) is 0 Å². The van der Waals surface area contributed by atoms with E-state index in [1.165, 1.54) is 6.07 Å². The summed E-state index contributed by atoms with van der Waals surface area (Å²) in [5.41, 5.74) is 10.1. The number of benzene rings is 1. The van der Waals surface area contributed by atoms with Crippen LogP contribution in [0.25, 0.3) is 0 Å². The van der Waals surface area contributed by atoms with Gasteiger partial charge in [-0.05, 0) is 18.2 Å². The number of hydrogen-bond acceptors (Lipinski definition) is 4. The van der Waals surface area contributed by atoms with Crippen molar-refractivity contribution in [2.75, 3.05) is 12.3 Å². The molecule has 1 amide bonds. The number of carbonyl (C=O) groups excluding carboxylic acids is 2. The fraction of sp³-hybridized carbons (Fsp3) is 0.111. The number of amides is 1. The highest BCUT2D eigenvalue weighted by molar-refractivity contribution is 5.91. The molecule has 0 saturated carbocycles. The number of hydrogen-bond donors (Lipinski definition) is 2. The molecule has 0 aliphatic carbocycles. The Hall–Kier alpha value is -2.11. The van der Waals surface area contributed by atoms with Crippen molar-refractivity contribution in [2.24, 2.45) is 5.73 Å². The van der Waals surface area contributed by atoms with E-state index in [-0.39, 0.29) is 11.3 Å². The molecule has 0 unspecified atom stereocenters. The van der Waals surface area contributed by atoms with E-state index < -0.39 is 24.3 Å². The van der Waals surface area contributed by atoms with Crippen LogP contribution in [0.3, 0.4) is 0 Å². The minimum atomic E-state index is -0.847. The van der Waals surface area contributed by atoms with Gasteiger partial charge in [0.15, 0.2) is 6.61 Å². The molecule has 0 bridgehead atoms. The van der Waals surface area contributed by atoms with Crippen molar-refractivity contribution in [1.29, 1.82) is 0 Å². The molecule has 0 saturated heterocycles. The van der Waals surface area contributed by atoms with Crippen LogP contribution in [-0.2, 0) is 9.53 Å². The van der Waals surface area contributed by atoms with Gasteiger partial charge in [0.25, 0.3) is 5.91 Å². The van der Waals surface area contributed by atoms with Crippen LogP contribution < -0.4 is 11.5 Å². The maximum Gasteiger partial charge on any atom is 0.338 e. The van der Waals surface area contributed by atoms with Crippen molar-refractivity contribution < 1.29 is 18.7 Å². The fourth-order valence-corrected chi connectivity index (χ4v) is 0.950. The first kappa shape index (κ1) is 11.0. The average Bonchev–Trinajstić information content (AvgIpc) is 2.12. The Morgan fingerprint density at radius 1 is 1.33 bits per heavy atom. The highest BCUT2D eigenvalue weighted by atomic mass is 19.1. The van der Waals surface area contributed by atoms with E-state index in [4.69, 9.17) is 11.5 Å². The minimum absolute atomic E-state index is 0.0613. The normalized spacial score (nSPS) is 9.67. The number of carbonyl (C=O) groups is 2. The van der Waals surface area contributed by atoms with Crippen LogP contribution in [0, 0.1) is 5.82 Å². The molecule has 1 rings (SSSR count). The van der Waals surface area contributed by atoms with E-state index in [1.807, 2.05) is 0 Å². The Kier molecular flexibility index (Phi) is 3.22. The molecule has 0 aliphatic heterocycles. The van der Waals surface area contributed by atoms with Crippen LogP contribution >= 0.6 is 0 Å². The van der Waals surface area contributed by atoms with Gasteiger partial charge in [-0.25, -0.2) is 9.18 Å². The lowest BCUT2D eigenvalue weighted by Crippen LogP contribution is -2.21. The largest absolute Gasteiger partial charge is 0.452 e. The van der Waals surface area contributed by atoms with Crippen LogP contribution in [0.2, 0.25) is 0 Å². The number of anilines is 1. The molecular weight excluding hydrogens is 203 g/mol. The quantitative estimate of drug-likeness (QED) is 0.546. The van der Waals surface area contributed by atoms with E-state index in [9.17, 15) is 14.0 Å². The molecular formula is C9H9FN2O3. The van der Waals surface area contributed by atoms with Crippen LogP contribution in [0.4, 0.5) is 10.1 Å². The summed E-state index contributed by atoms with van der Waals surface area (Å²) >= 11 is 0. The molecule has 4 N–H and O–H groups in total. The van der Waals surface area contributed by atoms with E-state index in [0.29, 0.717) is 0 Å². The van der Waals surface area contributed by atoms with Crippen molar-refractivity contribution in [3.8, 4) is 0 Å². The van der Waals surface area contributed by atoms with E-state index in [0.717, 1.165) is 12.1 Å². The Morgan fingerprint density at radius 2 is 2.00 bits per heavy atom. The molecule has 6 heteroatoms. The van der Waals surface area contributed by atoms with Crippen LogP contribution in [0.5, 0.6) is 0 Å². The molecule has 0 aromatic heterocycles. The predicted molar refractivity (Wildman–Crippen MR) is 50.3 cm³/mol. The zero-order valence-corrected chi connectivity index (χ0v) is 7.70. The Morgan fingerprint density at radius 3 is 2.53 bits per heavy atom. The monoisotopic (exact) mass is 212 g/mol. The Balaban J connectivity index is 2.77. The van der Waals surface area contributed by atoms with Gasteiger partial charge in [0, 0.05) is 5.69 Å². The summed E-state index contributed by atoms with van der Waals surface area (Å²) in [7, 11) is 0. The van der Waals surface area contributed by atoms with Gasteiger partial charge in [0.1, 0.15) is 5.82 Å². The Bertz CT molecular complexity index is 386. The maximum absolute atomic E-state index is 12.8. The summed E-state index contributed by atoms with van der Waals surface area (Å²) in [6.07, 6.45) is 0. The number of nitrogen functional groups attached to an aromatic ring is 1. The van der Waals surface area contributed by atoms with Crippen LogP contribution in [-0.4, -0.2) is 18.5 Å². The summed E-state index contributed by atoms with van der Waals surface area (Å²) < 4.78 is 17.3. The van der Waals surface area contributed by atoms with Gasteiger partial charge in [0.2, 0.25) is 0 Å². The first-order valence-electron chi connectivity index (χ1n) is 4.00. The third kappa shape index (κ3) is 3.26. The van der Waals surface area contributed by atoms with E-state index in [2.05, 4.69) is 4.74 Å². The summed E-state index contributed by atoms with van der Waals surface area (Å²) in [5.74, 6) is -2.28. The molecule has 80 valence electrons. The maximum atomic E-state index is 12.8. The number of esters is 1. The van der Waals surface area contributed by atoms with E-state index in [1.54, 1.807) is 0 Å². The highest BCUT2D eigenvalue weighted by Crippen LogP contribution is 2.11. The second-order valence-electron chi connectivity index (χ2n) is 2.82. The van der Waals surface area contributed by atoms with Crippen molar-refractivity contribution >= 4 is 17.6 Å². The molecule has 0 radical (unpaired) electrons. The summed E-state index contributed by atoms with van der Waals surface area (Å²) in [6.45, 7) is -0.546. The van der Waals surface area contributed by atoms with Crippen LogP contribution in [0.15, 0.2) is 18.2 Å². The van der Waals surface area contributed by atoms with Gasteiger partial charge in [-0.3, -0.25) is 4.79 Å². The fourth-order valence-electron chi connectivity index (χ4n) is 0.950. The highest BCUT2D eigenvalue weighted by Gasteiger charge is 2.10. The summed E-state index contributed by atoms with van der Waals surface area (Å²) in [5, 5.41) is 0. The van der Waals surface area contributed by atoms with Crippen molar-refractivity contribution in [1.82, 2.24) is 0 Å². The van der Waals surface area contributed by atoms with Gasteiger partial charge >= 0.3 is 5.97 Å². The topological polar surface area (TPSA) is 95.4 Å².